The van der Waals surface area contributed by atoms with E-state index in [4.69, 9.17) is 5.11 Å². The molecule has 0 aliphatic heterocycles. The summed E-state index contributed by atoms with van der Waals surface area (Å²) in [5.41, 5.74) is 1.43. The highest BCUT2D eigenvalue weighted by atomic mass is 19.1. The molecule has 4 nitrogen and oxygen atoms in total. The van der Waals surface area contributed by atoms with Gasteiger partial charge in [0, 0.05) is 26.0 Å². The molecule has 0 amide bonds. The molecule has 1 heterocycles. The van der Waals surface area contributed by atoms with E-state index in [-0.39, 0.29) is 5.56 Å². The lowest BCUT2D eigenvalue weighted by molar-refractivity contribution is 0.0697. The summed E-state index contributed by atoms with van der Waals surface area (Å²) in [4.78, 5) is 16.8. The van der Waals surface area contributed by atoms with E-state index in [2.05, 4.69) is 4.98 Å². The van der Waals surface area contributed by atoms with Crippen molar-refractivity contribution < 1.29 is 14.3 Å². The van der Waals surface area contributed by atoms with Gasteiger partial charge in [-0.1, -0.05) is 0 Å². The zero-order valence-electron chi connectivity index (χ0n) is 10.4. The molecule has 1 aromatic heterocycles. The molecule has 0 fully saturated rings. The Morgan fingerprint density at radius 3 is 2.63 bits per heavy atom. The number of hydrogen-bond donors (Lipinski definition) is 1. The lowest BCUT2D eigenvalue weighted by atomic mass is 10.1. The Morgan fingerprint density at radius 1 is 1.32 bits per heavy atom. The van der Waals surface area contributed by atoms with Crippen LogP contribution in [0.5, 0.6) is 0 Å². The lowest BCUT2D eigenvalue weighted by Crippen LogP contribution is -2.19. The van der Waals surface area contributed by atoms with Gasteiger partial charge in [-0.05, 0) is 35.9 Å². The quantitative estimate of drug-likeness (QED) is 0.917. The first-order valence-corrected chi connectivity index (χ1v) is 5.71. The summed E-state index contributed by atoms with van der Waals surface area (Å²) in [7, 11) is 1.76. The Hall–Kier alpha value is -2.43. The summed E-state index contributed by atoms with van der Waals surface area (Å²) in [5, 5.41) is 9.10. The molecule has 0 unspecified atom stereocenters. The normalized spacial score (nSPS) is 10.2. The third-order valence-electron chi connectivity index (χ3n) is 2.77. The molecule has 0 saturated carbocycles. The number of benzene rings is 1. The van der Waals surface area contributed by atoms with Crippen LogP contribution >= 0.6 is 0 Å². The SMILES string of the molecule is CN(Cc1ccncc1)c1ccc(F)cc1C(=O)O. The molecule has 98 valence electrons. The van der Waals surface area contributed by atoms with Crippen molar-refractivity contribution in [3.05, 3.63) is 59.7 Å². The van der Waals surface area contributed by atoms with Crippen LogP contribution in [0.1, 0.15) is 15.9 Å². The third-order valence-corrected chi connectivity index (χ3v) is 2.77. The van der Waals surface area contributed by atoms with E-state index in [1.165, 1.54) is 12.1 Å². The van der Waals surface area contributed by atoms with E-state index in [1.807, 2.05) is 12.1 Å². The number of aromatic carboxylic acids is 1. The van der Waals surface area contributed by atoms with Crippen molar-refractivity contribution in [1.29, 1.82) is 0 Å². The van der Waals surface area contributed by atoms with Crippen LogP contribution in [0, 0.1) is 5.82 Å². The standard InChI is InChI=1S/C14H13FN2O2/c1-17(9-10-4-6-16-7-5-10)13-3-2-11(15)8-12(13)14(18)19/h2-8H,9H2,1H3,(H,18,19). The molecule has 19 heavy (non-hydrogen) atoms. The Kier molecular flexibility index (Phi) is 3.75. The predicted molar refractivity (Wildman–Crippen MR) is 69.7 cm³/mol. The van der Waals surface area contributed by atoms with E-state index in [9.17, 15) is 9.18 Å². The second-order valence-corrected chi connectivity index (χ2v) is 4.18. The van der Waals surface area contributed by atoms with Crippen molar-refractivity contribution in [1.82, 2.24) is 4.98 Å². The van der Waals surface area contributed by atoms with E-state index in [0.717, 1.165) is 11.6 Å². The van der Waals surface area contributed by atoms with Crippen molar-refractivity contribution >= 4 is 11.7 Å². The van der Waals surface area contributed by atoms with Crippen molar-refractivity contribution in [2.24, 2.45) is 0 Å². The van der Waals surface area contributed by atoms with Gasteiger partial charge in [0.2, 0.25) is 0 Å². The average molecular weight is 260 g/mol. The van der Waals surface area contributed by atoms with E-state index >= 15 is 0 Å². The number of rotatable bonds is 4. The number of hydrogen-bond acceptors (Lipinski definition) is 3. The monoisotopic (exact) mass is 260 g/mol. The third kappa shape index (κ3) is 3.07. The summed E-state index contributed by atoms with van der Waals surface area (Å²) in [6, 6.07) is 7.45. The number of anilines is 1. The minimum absolute atomic E-state index is 0.0449. The average Bonchev–Trinajstić information content (AvgIpc) is 2.39. The van der Waals surface area contributed by atoms with Crippen LogP contribution in [0.15, 0.2) is 42.7 Å². The molecule has 5 heteroatoms. The van der Waals surface area contributed by atoms with Crippen LogP contribution in [0.25, 0.3) is 0 Å². The number of halogens is 1. The summed E-state index contributed by atoms with van der Waals surface area (Å²) in [5.74, 6) is -1.70. The molecule has 0 bridgehead atoms. The van der Waals surface area contributed by atoms with Gasteiger partial charge in [0.1, 0.15) is 5.82 Å². The zero-order valence-corrected chi connectivity index (χ0v) is 10.4. The van der Waals surface area contributed by atoms with E-state index in [1.54, 1.807) is 24.3 Å². The maximum absolute atomic E-state index is 13.1. The molecule has 2 aromatic rings. The number of aromatic nitrogens is 1. The van der Waals surface area contributed by atoms with Crippen molar-refractivity contribution in [2.45, 2.75) is 6.54 Å². The van der Waals surface area contributed by atoms with Gasteiger partial charge in [-0.25, -0.2) is 9.18 Å². The maximum atomic E-state index is 13.1. The van der Waals surface area contributed by atoms with Gasteiger partial charge in [0.05, 0.1) is 11.3 Å². The van der Waals surface area contributed by atoms with Gasteiger partial charge < -0.3 is 10.0 Å². The fraction of sp³-hybridized carbons (Fsp3) is 0.143. The van der Waals surface area contributed by atoms with Crippen molar-refractivity contribution in [3.63, 3.8) is 0 Å². The lowest BCUT2D eigenvalue weighted by Gasteiger charge is -2.21. The number of carboxylic acid groups (broad SMARTS) is 1. The summed E-state index contributed by atoms with van der Waals surface area (Å²) in [6.45, 7) is 0.522. The van der Waals surface area contributed by atoms with Crippen LogP contribution in [0.4, 0.5) is 10.1 Å². The Morgan fingerprint density at radius 2 is 2.00 bits per heavy atom. The molecular formula is C14H13FN2O2. The van der Waals surface area contributed by atoms with Gasteiger partial charge in [-0.15, -0.1) is 0 Å². The Balaban J connectivity index is 2.28. The van der Waals surface area contributed by atoms with Crippen molar-refractivity contribution in [3.8, 4) is 0 Å². The molecule has 0 saturated heterocycles. The molecule has 1 N–H and O–H groups in total. The first-order chi connectivity index (χ1) is 9.08. The Bertz CT molecular complexity index is 587. The van der Waals surface area contributed by atoms with Crippen LogP contribution < -0.4 is 4.90 Å². The Labute approximate surface area is 110 Å². The fourth-order valence-electron chi connectivity index (χ4n) is 1.86. The number of carboxylic acids is 1. The number of carbonyl (C=O) groups is 1. The summed E-state index contributed by atoms with van der Waals surface area (Å²) < 4.78 is 13.1. The van der Waals surface area contributed by atoms with Crippen LogP contribution in [0.2, 0.25) is 0 Å². The highest BCUT2D eigenvalue weighted by Gasteiger charge is 2.14. The first-order valence-electron chi connectivity index (χ1n) is 5.71. The molecule has 1 aromatic carbocycles. The molecule has 0 radical (unpaired) electrons. The smallest absolute Gasteiger partial charge is 0.337 e. The number of nitrogens with zero attached hydrogens (tertiary/aromatic N) is 2. The first kappa shape index (κ1) is 13.0. The minimum Gasteiger partial charge on any atom is -0.478 e. The molecule has 0 aliphatic rings. The van der Waals surface area contributed by atoms with Gasteiger partial charge >= 0.3 is 5.97 Å². The second-order valence-electron chi connectivity index (χ2n) is 4.18. The molecule has 0 atom stereocenters. The zero-order chi connectivity index (χ0) is 13.8. The van der Waals surface area contributed by atoms with Crippen molar-refractivity contribution in [2.75, 3.05) is 11.9 Å². The van der Waals surface area contributed by atoms with Gasteiger partial charge in [-0.3, -0.25) is 4.98 Å². The largest absolute Gasteiger partial charge is 0.478 e. The summed E-state index contributed by atoms with van der Waals surface area (Å²) in [6.07, 6.45) is 3.35. The molecule has 0 spiro atoms. The minimum atomic E-state index is -1.14. The van der Waals surface area contributed by atoms with Crippen LogP contribution in [-0.2, 0) is 6.54 Å². The van der Waals surface area contributed by atoms with Gasteiger partial charge in [0.15, 0.2) is 0 Å². The fourth-order valence-corrected chi connectivity index (χ4v) is 1.86. The second kappa shape index (κ2) is 5.48. The van der Waals surface area contributed by atoms with E-state index < -0.39 is 11.8 Å². The van der Waals surface area contributed by atoms with Crippen LogP contribution in [0.3, 0.4) is 0 Å². The highest BCUT2D eigenvalue weighted by Crippen LogP contribution is 2.22. The molecule has 0 aliphatic carbocycles. The molecule has 2 rings (SSSR count). The summed E-state index contributed by atoms with van der Waals surface area (Å²) >= 11 is 0. The van der Waals surface area contributed by atoms with Crippen LogP contribution in [-0.4, -0.2) is 23.1 Å². The van der Waals surface area contributed by atoms with E-state index in [0.29, 0.717) is 12.2 Å². The number of pyridine rings is 1. The maximum Gasteiger partial charge on any atom is 0.337 e. The van der Waals surface area contributed by atoms with Gasteiger partial charge in [0.25, 0.3) is 0 Å². The predicted octanol–water partition coefficient (Wildman–Crippen LogP) is 2.56. The highest BCUT2D eigenvalue weighted by molar-refractivity contribution is 5.94. The van der Waals surface area contributed by atoms with Gasteiger partial charge in [-0.2, -0.15) is 0 Å². The topological polar surface area (TPSA) is 53.4 Å². The molecular weight excluding hydrogens is 247 g/mol.